The van der Waals surface area contributed by atoms with Crippen LogP contribution in [-0.2, 0) is 13.0 Å². The molecule has 0 spiro atoms. The molecule has 2 aromatic carbocycles. The van der Waals surface area contributed by atoms with Gasteiger partial charge >= 0.3 is 0 Å². The Morgan fingerprint density at radius 1 is 1.08 bits per heavy atom. The minimum Gasteiger partial charge on any atom is -0.489 e. The molecule has 26 heavy (non-hydrogen) atoms. The van der Waals surface area contributed by atoms with Crippen LogP contribution in [0.2, 0.25) is 0 Å². The van der Waals surface area contributed by atoms with Gasteiger partial charge in [-0.05, 0) is 71.8 Å². The number of hydrogen-bond donors (Lipinski definition) is 0. The van der Waals surface area contributed by atoms with Gasteiger partial charge in [-0.2, -0.15) is 0 Å². The maximum Gasteiger partial charge on any atom is 0.120 e. The lowest BCUT2D eigenvalue weighted by atomic mass is 9.97. The fourth-order valence-electron chi connectivity index (χ4n) is 3.09. The van der Waals surface area contributed by atoms with Gasteiger partial charge in [0.05, 0.1) is 5.71 Å². The number of ether oxygens (including phenoxy) is 1. The van der Waals surface area contributed by atoms with Gasteiger partial charge in [0.25, 0.3) is 0 Å². The highest BCUT2D eigenvalue weighted by atomic mass is 32.1. The molecular weight excluding hydrogens is 338 g/mol. The number of rotatable bonds is 5. The Morgan fingerprint density at radius 3 is 2.77 bits per heavy atom. The number of nitrogens with zero attached hydrogens (tertiary/aromatic N) is 1. The Labute approximate surface area is 158 Å². The summed E-state index contributed by atoms with van der Waals surface area (Å²) in [6.45, 7) is 3.57. The van der Waals surface area contributed by atoms with Gasteiger partial charge in [-0.1, -0.05) is 30.3 Å². The van der Waals surface area contributed by atoms with Crippen molar-refractivity contribution in [3.05, 3.63) is 93.2 Å². The highest BCUT2D eigenvalue weighted by Crippen LogP contribution is 2.24. The number of fused-ring (bicyclic) bond motifs is 1. The van der Waals surface area contributed by atoms with Crippen LogP contribution in [0.1, 0.15) is 27.1 Å². The number of thiophene rings is 1. The maximum absolute atomic E-state index is 5.97. The van der Waals surface area contributed by atoms with Gasteiger partial charge in [-0.25, -0.2) is 0 Å². The van der Waals surface area contributed by atoms with Gasteiger partial charge in [0.15, 0.2) is 0 Å². The van der Waals surface area contributed by atoms with E-state index in [1.807, 2.05) is 24.3 Å². The third-order valence-corrected chi connectivity index (χ3v) is 5.54. The summed E-state index contributed by atoms with van der Waals surface area (Å²) in [5, 5.41) is 2.13. The summed E-state index contributed by atoms with van der Waals surface area (Å²) in [5.41, 5.74) is 6.09. The van der Waals surface area contributed by atoms with Crippen LogP contribution in [0.15, 0.2) is 71.0 Å². The largest absolute Gasteiger partial charge is 0.489 e. The second-order valence-corrected chi connectivity index (χ2v) is 7.36. The number of benzene rings is 2. The molecule has 0 saturated carbocycles. The Balaban J connectivity index is 1.50. The summed E-state index contributed by atoms with van der Waals surface area (Å²) in [6.07, 6.45) is 5.28. The number of allylic oxidation sites excluding steroid dienone is 1. The molecule has 2 nitrogen and oxygen atoms in total. The first-order valence-corrected chi connectivity index (χ1v) is 9.74. The number of aryl methyl sites for hydroxylation is 1. The highest BCUT2D eigenvalue weighted by Gasteiger charge is 2.13. The standard InChI is InChI=1S/C23H21NOS/c1-17-12-14-26-23(17)10-9-22-21-8-7-20(15-19(21)11-13-24-22)25-16-18-5-3-2-4-6-18/h2-10,12,14-15H,11,13,16H2,1H3. The van der Waals surface area contributed by atoms with Crippen molar-refractivity contribution in [2.24, 2.45) is 4.99 Å². The van der Waals surface area contributed by atoms with Crippen LogP contribution < -0.4 is 4.74 Å². The third-order valence-electron chi connectivity index (χ3n) is 4.56. The molecule has 0 radical (unpaired) electrons. The van der Waals surface area contributed by atoms with Crippen LogP contribution in [-0.4, -0.2) is 12.3 Å². The Kier molecular flexibility index (Phi) is 4.98. The lowest BCUT2D eigenvalue weighted by molar-refractivity contribution is 0.306. The van der Waals surface area contributed by atoms with E-state index in [0.717, 1.165) is 24.4 Å². The van der Waals surface area contributed by atoms with E-state index in [2.05, 4.69) is 54.8 Å². The number of hydrogen-bond acceptors (Lipinski definition) is 3. The van der Waals surface area contributed by atoms with E-state index in [1.165, 1.54) is 27.1 Å². The molecule has 0 amide bonds. The van der Waals surface area contributed by atoms with Crippen molar-refractivity contribution in [2.75, 3.05) is 6.54 Å². The van der Waals surface area contributed by atoms with E-state index < -0.39 is 0 Å². The van der Waals surface area contributed by atoms with Crippen molar-refractivity contribution in [1.29, 1.82) is 0 Å². The van der Waals surface area contributed by atoms with Gasteiger partial charge in [-0.15, -0.1) is 11.3 Å². The molecular formula is C23H21NOS. The molecule has 0 unspecified atom stereocenters. The molecule has 0 saturated heterocycles. The SMILES string of the molecule is Cc1ccsc1C=CC1=NCCc2cc(OCc3ccccc3)ccc21. The minimum atomic E-state index is 0.595. The molecule has 1 aliphatic heterocycles. The molecule has 4 rings (SSSR count). The molecule has 3 aromatic rings. The second kappa shape index (κ2) is 7.71. The van der Waals surface area contributed by atoms with Gasteiger partial charge in [0.1, 0.15) is 12.4 Å². The molecule has 1 aromatic heterocycles. The summed E-state index contributed by atoms with van der Waals surface area (Å²) in [5.74, 6) is 0.923. The topological polar surface area (TPSA) is 21.6 Å². The normalized spacial score (nSPS) is 13.5. The van der Waals surface area contributed by atoms with E-state index in [0.29, 0.717) is 6.61 Å². The van der Waals surface area contributed by atoms with E-state index in [4.69, 9.17) is 9.73 Å². The lowest BCUT2D eigenvalue weighted by Crippen LogP contribution is -2.11. The quantitative estimate of drug-likeness (QED) is 0.573. The van der Waals surface area contributed by atoms with Gasteiger partial charge in [-0.3, -0.25) is 4.99 Å². The van der Waals surface area contributed by atoms with Gasteiger partial charge in [0.2, 0.25) is 0 Å². The molecule has 1 aliphatic rings. The average molecular weight is 359 g/mol. The maximum atomic E-state index is 5.97. The predicted molar refractivity (Wildman–Crippen MR) is 110 cm³/mol. The lowest BCUT2D eigenvalue weighted by Gasteiger charge is -2.16. The fraction of sp³-hybridized carbons (Fsp3) is 0.174. The van der Waals surface area contributed by atoms with E-state index in [-0.39, 0.29) is 0 Å². The summed E-state index contributed by atoms with van der Waals surface area (Å²) in [6, 6.07) is 18.8. The molecule has 2 heterocycles. The minimum absolute atomic E-state index is 0.595. The summed E-state index contributed by atoms with van der Waals surface area (Å²) in [7, 11) is 0. The molecule has 0 fully saturated rings. The van der Waals surface area contributed by atoms with E-state index in [9.17, 15) is 0 Å². The third kappa shape index (κ3) is 3.78. The van der Waals surface area contributed by atoms with Crippen LogP contribution >= 0.6 is 11.3 Å². The van der Waals surface area contributed by atoms with Crippen LogP contribution in [0.25, 0.3) is 6.08 Å². The highest BCUT2D eigenvalue weighted by molar-refractivity contribution is 7.11. The zero-order valence-corrected chi connectivity index (χ0v) is 15.6. The van der Waals surface area contributed by atoms with Crippen molar-refractivity contribution in [3.8, 4) is 5.75 Å². The summed E-state index contributed by atoms with van der Waals surface area (Å²) in [4.78, 5) is 6.01. The van der Waals surface area contributed by atoms with Crippen molar-refractivity contribution < 1.29 is 4.74 Å². The zero-order valence-electron chi connectivity index (χ0n) is 14.8. The average Bonchev–Trinajstić information content (AvgIpc) is 3.10. The van der Waals surface area contributed by atoms with Crippen molar-refractivity contribution in [2.45, 2.75) is 20.0 Å². The monoisotopic (exact) mass is 359 g/mol. The van der Waals surface area contributed by atoms with Crippen molar-refractivity contribution in [3.63, 3.8) is 0 Å². The molecule has 0 bridgehead atoms. The second-order valence-electron chi connectivity index (χ2n) is 6.41. The predicted octanol–water partition coefficient (Wildman–Crippen LogP) is 5.69. The molecule has 3 heteroatoms. The van der Waals surface area contributed by atoms with Crippen molar-refractivity contribution in [1.82, 2.24) is 0 Å². The van der Waals surface area contributed by atoms with Crippen molar-refractivity contribution >= 4 is 23.1 Å². The molecule has 130 valence electrons. The Bertz CT molecular complexity index is 953. The van der Waals surface area contributed by atoms with Crippen LogP contribution in [0.3, 0.4) is 0 Å². The smallest absolute Gasteiger partial charge is 0.120 e. The molecule has 0 N–H and O–H groups in total. The Morgan fingerprint density at radius 2 is 1.96 bits per heavy atom. The van der Waals surface area contributed by atoms with Crippen LogP contribution in [0.5, 0.6) is 5.75 Å². The number of aliphatic imine (C=N–C) groups is 1. The summed E-state index contributed by atoms with van der Waals surface area (Å²) >= 11 is 1.76. The first-order valence-electron chi connectivity index (χ1n) is 8.86. The van der Waals surface area contributed by atoms with Gasteiger partial charge < -0.3 is 4.74 Å². The van der Waals surface area contributed by atoms with E-state index in [1.54, 1.807) is 11.3 Å². The summed E-state index contributed by atoms with van der Waals surface area (Å²) < 4.78 is 5.97. The molecule has 0 atom stereocenters. The zero-order chi connectivity index (χ0) is 17.8. The van der Waals surface area contributed by atoms with Gasteiger partial charge in [0, 0.05) is 17.0 Å². The van der Waals surface area contributed by atoms with Crippen LogP contribution in [0, 0.1) is 6.92 Å². The van der Waals surface area contributed by atoms with Crippen LogP contribution in [0.4, 0.5) is 0 Å². The first kappa shape index (κ1) is 16.8. The molecule has 0 aliphatic carbocycles. The first-order chi connectivity index (χ1) is 12.8. The Hall–Kier alpha value is -2.65. The fourth-order valence-corrected chi connectivity index (χ4v) is 3.91. The van der Waals surface area contributed by atoms with E-state index >= 15 is 0 Å².